The quantitative estimate of drug-likeness (QED) is 0.0830. The molecule has 3 amide bonds. The first-order chi connectivity index (χ1) is 24.6. The molecule has 5 rings (SSSR count). The van der Waals surface area contributed by atoms with E-state index in [1.807, 2.05) is 91.8 Å². The zero-order valence-corrected chi connectivity index (χ0v) is 30.0. The summed E-state index contributed by atoms with van der Waals surface area (Å²) in [7, 11) is 6.89. The van der Waals surface area contributed by atoms with E-state index in [0.29, 0.717) is 33.5 Å². The lowest BCUT2D eigenvalue weighted by Gasteiger charge is -2.19. The lowest BCUT2D eigenvalue weighted by atomic mass is 10.1. The lowest BCUT2D eigenvalue weighted by molar-refractivity contribution is -0.116. The lowest BCUT2D eigenvalue weighted by Crippen LogP contribution is -2.30. The molecule has 0 spiro atoms. The third-order valence-corrected chi connectivity index (χ3v) is 9.25. The molecule has 51 heavy (non-hydrogen) atoms. The molecule has 0 aliphatic heterocycles. The Morgan fingerprint density at radius 1 is 0.765 bits per heavy atom. The molecule has 0 saturated heterocycles. The fourth-order valence-electron chi connectivity index (χ4n) is 4.99. The molecule has 9 nitrogen and oxygen atoms in total. The van der Waals surface area contributed by atoms with Crippen LogP contribution < -0.4 is 30.3 Å². The van der Waals surface area contributed by atoms with Gasteiger partial charge in [-0.2, -0.15) is 0 Å². The van der Waals surface area contributed by atoms with Crippen LogP contribution >= 0.6 is 23.4 Å². The largest absolute Gasteiger partial charge is 0.495 e. The van der Waals surface area contributed by atoms with Crippen molar-refractivity contribution in [1.29, 1.82) is 0 Å². The van der Waals surface area contributed by atoms with E-state index in [2.05, 4.69) is 16.0 Å². The number of halogens is 1. The van der Waals surface area contributed by atoms with E-state index in [9.17, 15) is 14.4 Å². The average Bonchev–Trinajstić information content (AvgIpc) is 3.15. The molecular formula is C40H37ClN4O5S. The number of anilines is 3. The molecule has 1 unspecified atom stereocenters. The van der Waals surface area contributed by atoms with Gasteiger partial charge in [-0.1, -0.05) is 72.3 Å². The van der Waals surface area contributed by atoms with Crippen LogP contribution in [-0.4, -0.2) is 46.0 Å². The first kappa shape index (κ1) is 36.6. The molecule has 0 aliphatic carbocycles. The Balaban J connectivity index is 1.35. The van der Waals surface area contributed by atoms with Gasteiger partial charge in [-0.15, -0.1) is 11.8 Å². The maximum atomic E-state index is 13.8. The first-order valence-corrected chi connectivity index (χ1v) is 17.1. The van der Waals surface area contributed by atoms with Gasteiger partial charge in [-0.05, 0) is 71.8 Å². The van der Waals surface area contributed by atoms with Crippen LogP contribution in [0, 0.1) is 0 Å². The SMILES string of the molecule is COc1cc(OC)c(NC(=O)C(Sc2ccc(NC(=O)/C(=C/c3ccc(N(C)C)cc3)NC(=O)c3ccccc3)cc2)c2ccccc2)cc1Cl. The summed E-state index contributed by atoms with van der Waals surface area (Å²) < 4.78 is 10.8. The summed E-state index contributed by atoms with van der Waals surface area (Å²) in [5.74, 6) is -0.364. The fraction of sp³-hybridized carbons (Fsp3) is 0.125. The Bertz CT molecular complexity index is 2010. The summed E-state index contributed by atoms with van der Waals surface area (Å²) in [6, 6.07) is 36.0. The Labute approximate surface area is 306 Å². The third-order valence-electron chi connectivity index (χ3n) is 7.69. The van der Waals surface area contributed by atoms with Gasteiger partial charge in [-0.25, -0.2) is 0 Å². The van der Waals surface area contributed by atoms with Crippen molar-refractivity contribution in [3.8, 4) is 11.5 Å². The predicted octanol–water partition coefficient (Wildman–Crippen LogP) is 8.30. The van der Waals surface area contributed by atoms with Gasteiger partial charge in [0, 0.05) is 42.0 Å². The molecule has 0 radical (unpaired) electrons. The number of benzene rings is 5. The van der Waals surface area contributed by atoms with Gasteiger partial charge in [0.2, 0.25) is 5.91 Å². The van der Waals surface area contributed by atoms with Crippen LogP contribution in [-0.2, 0) is 9.59 Å². The second-order valence-electron chi connectivity index (χ2n) is 11.4. The summed E-state index contributed by atoms with van der Waals surface area (Å²) in [4.78, 5) is 43.2. The molecule has 260 valence electrons. The highest BCUT2D eigenvalue weighted by Gasteiger charge is 2.24. The van der Waals surface area contributed by atoms with E-state index in [-0.39, 0.29) is 11.6 Å². The molecule has 0 aromatic heterocycles. The van der Waals surface area contributed by atoms with Crippen molar-refractivity contribution in [3.63, 3.8) is 0 Å². The Morgan fingerprint density at radius 3 is 2.00 bits per heavy atom. The monoisotopic (exact) mass is 720 g/mol. The van der Waals surface area contributed by atoms with Crippen LogP contribution in [0.3, 0.4) is 0 Å². The van der Waals surface area contributed by atoms with Gasteiger partial charge in [0.15, 0.2) is 0 Å². The summed E-state index contributed by atoms with van der Waals surface area (Å²) in [6.45, 7) is 0. The molecule has 5 aromatic rings. The number of hydrogen-bond donors (Lipinski definition) is 3. The van der Waals surface area contributed by atoms with Crippen LogP contribution in [0.5, 0.6) is 11.5 Å². The van der Waals surface area contributed by atoms with Crippen molar-refractivity contribution in [2.45, 2.75) is 10.1 Å². The third kappa shape index (κ3) is 9.72. The van der Waals surface area contributed by atoms with E-state index >= 15 is 0 Å². The normalized spacial score (nSPS) is 11.6. The number of ether oxygens (including phenoxy) is 2. The number of nitrogens with zero attached hydrogens (tertiary/aromatic N) is 1. The van der Waals surface area contributed by atoms with E-state index in [4.69, 9.17) is 21.1 Å². The maximum absolute atomic E-state index is 13.8. The summed E-state index contributed by atoms with van der Waals surface area (Å²) in [5, 5.41) is 8.30. The minimum atomic E-state index is -0.640. The number of carbonyl (C=O) groups excluding carboxylic acids is 3. The van der Waals surface area contributed by atoms with Crippen LogP contribution in [0.2, 0.25) is 5.02 Å². The molecule has 1 atom stereocenters. The summed E-state index contributed by atoms with van der Waals surface area (Å²) in [6.07, 6.45) is 1.63. The number of hydrogen-bond acceptors (Lipinski definition) is 7. The van der Waals surface area contributed by atoms with Gasteiger partial charge >= 0.3 is 0 Å². The molecule has 0 aliphatic rings. The number of nitrogens with one attached hydrogen (secondary N) is 3. The molecule has 0 fully saturated rings. The minimum absolute atomic E-state index is 0.0785. The number of methoxy groups -OCH3 is 2. The number of amides is 3. The van der Waals surface area contributed by atoms with Crippen molar-refractivity contribution in [3.05, 3.63) is 149 Å². The molecule has 5 aromatic carbocycles. The van der Waals surface area contributed by atoms with E-state index in [1.165, 1.54) is 26.0 Å². The topological polar surface area (TPSA) is 109 Å². The Morgan fingerprint density at radius 2 is 1.39 bits per heavy atom. The van der Waals surface area contributed by atoms with Gasteiger partial charge in [-0.3, -0.25) is 14.4 Å². The number of rotatable bonds is 13. The van der Waals surface area contributed by atoms with Crippen molar-refractivity contribution in [1.82, 2.24) is 5.32 Å². The van der Waals surface area contributed by atoms with Crippen LogP contribution in [0.4, 0.5) is 17.1 Å². The van der Waals surface area contributed by atoms with Crippen molar-refractivity contribution < 1.29 is 23.9 Å². The predicted molar refractivity (Wildman–Crippen MR) is 206 cm³/mol. The molecule has 0 bridgehead atoms. The standard InChI is InChI=1S/C40H37ClN4O5S/c1-45(2)30-19-15-26(16-20-30)23-34(44-38(46)28-13-9-6-10-14-28)39(47)42-29-17-21-31(22-18-29)51-37(27-11-7-5-8-12-27)40(48)43-33-24-32(41)35(49-3)25-36(33)50-4/h5-25,37H,1-4H3,(H,42,47)(H,43,48)(H,44,46)/b34-23-. The maximum Gasteiger partial charge on any atom is 0.272 e. The van der Waals surface area contributed by atoms with Gasteiger partial charge in [0.1, 0.15) is 22.4 Å². The minimum Gasteiger partial charge on any atom is -0.495 e. The van der Waals surface area contributed by atoms with Gasteiger partial charge < -0.3 is 30.3 Å². The van der Waals surface area contributed by atoms with E-state index in [1.54, 1.807) is 54.6 Å². The van der Waals surface area contributed by atoms with E-state index in [0.717, 1.165) is 21.7 Å². The van der Waals surface area contributed by atoms with Crippen molar-refractivity contribution >= 4 is 64.2 Å². The second kappa shape index (κ2) is 17.3. The summed E-state index contributed by atoms with van der Waals surface area (Å²) >= 11 is 7.70. The van der Waals surface area contributed by atoms with Crippen LogP contribution in [0.15, 0.2) is 132 Å². The number of carbonyl (C=O) groups is 3. The van der Waals surface area contributed by atoms with Crippen LogP contribution in [0.1, 0.15) is 26.7 Å². The van der Waals surface area contributed by atoms with Crippen molar-refractivity contribution in [2.75, 3.05) is 43.8 Å². The van der Waals surface area contributed by atoms with Crippen molar-refractivity contribution in [2.24, 2.45) is 0 Å². The molecule has 0 heterocycles. The molecular weight excluding hydrogens is 684 g/mol. The zero-order valence-electron chi connectivity index (χ0n) is 28.5. The highest BCUT2D eigenvalue weighted by molar-refractivity contribution is 8.00. The zero-order chi connectivity index (χ0) is 36.3. The molecule has 3 N–H and O–H groups in total. The first-order valence-electron chi connectivity index (χ1n) is 15.9. The molecule has 11 heteroatoms. The smallest absolute Gasteiger partial charge is 0.272 e. The summed E-state index contributed by atoms with van der Waals surface area (Å²) in [5.41, 5.74) is 3.95. The van der Waals surface area contributed by atoms with Gasteiger partial charge in [0.05, 0.1) is 24.9 Å². The second-order valence-corrected chi connectivity index (χ2v) is 13.0. The van der Waals surface area contributed by atoms with Crippen LogP contribution in [0.25, 0.3) is 6.08 Å². The fourth-order valence-corrected chi connectivity index (χ4v) is 6.25. The highest BCUT2D eigenvalue weighted by Crippen LogP contribution is 2.40. The highest BCUT2D eigenvalue weighted by atomic mass is 35.5. The number of thioether (sulfide) groups is 1. The van der Waals surface area contributed by atoms with Gasteiger partial charge in [0.25, 0.3) is 11.8 Å². The Kier molecular flexibility index (Phi) is 12.4. The Hall–Kier alpha value is -5.71. The molecule has 0 saturated carbocycles. The van der Waals surface area contributed by atoms with E-state index < -0.39 is 17.1 Å². The average molecular weight is 721 g/mol.